The quantitative estimate of drug-likeness (QED) is 0.323. The van der Waals surface area contributed by atoms with Crippen LogP contribution in [0.4, 0.5) is 17.3 Å². The summed E-state index contributed by atoms with van der Waals surface area (Å²) in [6.07, 6.45) is 5.99. The molecule has 36 heavy (non-hydrogen) atoms. The summed E-state index contributed by atoms with van der Waals surface area (Å²) in [5.41, 5.74) is 0.752. The van der Waals surface area contributed by atoms with Crippen LogP contribution in [0.5, 0.6) is 0 Å². The van der Waals surface area contributed by atoms with Crippen molar-refractivity contribution in [3.63, 3.8) is 0 Å². The zero-order chi connectivity index (χ0) is 25.9. The Hall–Kier alpha value is -4.82. The largest absolute Gasteiger partial charge is 0.389 e. The van der Waals surface area contributed by atoms with Crippen molar-refractivity contribution in [3.8, 4) is 6.07 Å². The number of nitrogens with one attached hydrogen (secondary N) is 2. The summed E-state index contributed by atoms with van der Waals surface area (Å²) >= 11 is 0. The highest BCUT2D eigenvalue weighted by molar-refractivity contribution is 5.98. The summed E-state index contributed by atoms with van der Waals surface area (Å²) in [6.45, 7) is 7.23. The monoisotopic (exact) mass is 484 g/mol. The van der Waals surface area contributed by atoms with Crippen LogP contribution in [0, 0.1) is 11.3 Å². The second kappa shape index (κ2) is 9.81. The highest BCUT2D eigenvalue weighted by Gasteiger charge is 2.16. The van der Waals surface area contributed by atoms with Crippen LogP contribution in [-0.4, -0.2) is 40.9 Å². The van der Waals surface area contributed by atoms with Gasteiger partial charge in [-0.2, -0.15) is 15.3 Å². The minimum atomic E-state index is -0.928. The first kappa shape index (κ1) is 24.3. The number of aliphatic hydroxyl groups is 1. The summed E-state index contributed by atoms with van der Waals surface area (Å²) in [5.74, 6) is -0.120. The molecule has 0 saturated heterocycles. The van der Waals surface area contributed by atoms with Crippen LogP contribution in [0.1, 0.15) is 25.0 Å². The summed E-state index contributed by atoms with van der Waals surface area (Å²) in [5, 5.41) is 29.9. The van der Waals surface area contributed by atoms with E-state index in [9.17, 15) is 20.0 Å². The predicted molar refractivity (Wildman–Crippen MR) is 135 cm³/mol. The zero-order valence-electron chi connectivity index (χ0n) is 19.8. The Balaban J connectivity index is 1.70. The third kappa shape index (κ3) is 5.63. The van der Waals surface area contributed by atoms with Crippen molar-refractivity contribution < 1.29 is 9.90 Å². The number of hydrogen-bond donors (Lipinski definition) is 3. The minimum absolute atomic E-state index is 0.0316. The SMILES string of the molecule is C=CC(=O)Nc1cccc(Cn2c(=O)c(C#N)cc3cnc(Nc4cnn(CC(C)(C)O)c4)nc32)c1. The van der Waals surface area contributed by atoms with Gasteiger partial charge in [0, 0.05) is 23.5 Å². The van der Waals surface area contributed by atoms with Crippen molar-refractivity contribution in [1.29, 1.82) is 5.26 Å². The lowest BCUT2D eigenvalue weighted by molar-refractivity contribution is -0.111. The Morgan fingerprint density at radius 3 is 2.81 bits per heavy atom. The fourth-order valence-corrected chi connectivity index (χ4v) is 3.61. The molecular weight excluding hydrogens is 460 g/mol. The fourth-order valence-electron chi connectivity index (χ4n) is 3.61. The van der Waals surface area contributed by atoms with Gasteiger partial charge in [0.2, 0.25) is 11.9 Å². The molecule has 0 unspecified atom stereocenters. The third-order valence-corrected chi connectivity index (χ3v) is 5.11. The molecule has 0 spiro atoms. The number of rotatable bonds is 8. The lowest BCUT2D eigenvalue weighted by Gasteiger charge is -2.16. The normalized spacial score (nSPS) is 11.2. The van der Waals surface area contributed by atoms with Gasteiger partial charge in [0.25, 0.3) is 5.56 Å². The van der Waals surface area contributed by atoms with E-state index in [0.717, 1.165) is 5.56 Å². The molecule has 11 nitrogen and oxygen atoms in total. The van der Waals surface area contributed by atoms with E-state index in [1.807, 2.05) is 6.07 Å². The Labute approximate surface area is 206 Å². The molecule has 3 N–H and O–H groups in total. The molecule has 0 fully saturated rings. The first-order valence-corrected chi connectivity index (χ1v) is 11.0. The molecule has 1 amide bonds. The molecule has 182 valence electrons. The first-order chi connectivity index (χ1) is 17.1. The highest BCUT2D eigenvalue weighted by atomic mass is 16.3. The van der Waals surface area contributed by atoms with Crippen LogP contribution in [0.2, 0.25) is 0 Å². The molecular formula is C25H24N8O3. The molecule has 3 aromatic heterocycles. The van der Waals surface area contributed by atoms with Gasteiger partial charge in [0.05, 0.1) is 30.6 Å². The maximum absolute atomic E-state index is 13.1. The van der Waals surface area contributed by atoms with Gasteiger partial charge in [-0.1, -0.05) is 18.7 Å². The van der Waals surface area contributed by atoms with Gasteiger partial charge in [0.1, 0.15) is 17.3 Å². The molecule has 4 rings (SSSR count). The van der Waals surface area contributed by atoms with Crippen molar-refractivity contribution in [2.75, 3.05) is 10.6 Å². The van der Waals surface area contributed by atoms with Gasteiger partial charge in [0.15, 0.2) is 0 Å². The van der Waals surface area contributed by atoms with Crippen molar-refractivity contribution in [3.05, 3.63) is 83.1 Å². The van der Waals surface area contributed by atoms with Crippen molar-refractivity contribution in [1.82, 2.24) is 24.3 Å². The van der Waals surface area contributed by atoms with Crippen LogP contribution >= 0.6 is 0 Å². The summed E-state index contributed by atoms with van der Waals surface area (Å²) in [6, 6.07) is 10.4. The molecule has 0 bridgehead atoms. The topological polar surface area (TPSA) is 151 Å². The van der Waals surface area contributed by atoms with Crippen molar-refractivity contribution in [2.45, 2.75) is 32.5 Å². The molecule has 0 aliphatic rings. The molecule has 0 aliphatic carbocycles. The van der Waals surface area contributed by atoms with Crippen molar-refractivity contribution >= 4 is 34.3 Å². The molecule has 1 aromatic carbocycles. The van der Waals surface area contributed by atoms with Gasteiger partial charge in [-0.15, -0.1) is 0 Å². The zero-order valence-corrected chi connectivity index (χ0v) is 19.8. The number of nitrogens with zero attached hydrogens (tertiary/aromatic N) is 6. The second-order valence-electron chi connectivity index (χ2n) is 8.79. The number of pyridine rings is 1. The number of anilines is 3. The average molecular weight is 485 g/mol. The lowest BCUT2D eigenvalue weighted by atomic mass is 10.1. The summed E-state index contributed by atoms with van der Waals surface area (Å²) < 4.78 is 2.99. The number of benzene rings is 1. The van der Waals surface area contributed by atoms with E-state index in [4.69, 9.17) is 0 Å². The van der Waals surface area contributed by atoms with Gasteiger partial charge < -0.3 is 15.7 Å². The van der Waals surface area contributed by atoms with Crippen LogP contribution in [0.15, 0.2) is 66.4 Å². The minimum Gasteiger partial charge on any atom is -0.389 e. The highest BCUT2D eigenvalue weighted by Crippen LogP contribution is 2.19. The number of fused-ring (bicyclic) bond motifs is 1. The Kier molecular flexibility index (Phi) is 6.62. The molecule has 0 aliphatic heterocycles. The number of nitriles is 1. The van der Waals surface area contributed by atoms with Crippen molar-refractivity contribution in [2.24, 2.45) is 0 Å². The maximum Gasteiger partial charge on any atom is 0.270 e. The van der Waals surface area contributed by atoms with E-state index >= 15 is 0 Å². The third-order valence-electron chi connectivity index (χ3n) is 5.11. The average Bonchev–Trinajstić information content (AvgIpc) is 3.25. The van der Waals surface area contributed by atoms with E-state index in [2.05, 4.69) is 32.3 Å². The van der Waals surface area contributed by atoms with Gasteiger partial charge in [-0.3, -0.25) is 18.8 Å². The van der Waals surface area contributed by atoms with Gasteiger partial charge in [-0.05, 0) is 43.7 Å². The molecule has 0 radical (unpaired) electrons. The number of hydrogen-bond acceptors (Lipinski definition) is 8. The number of amides is 1. The number of aromatic nitrogens is 5. The number of carbonyl (C=O) groups is 1. The standard InChI is InChI=1S/C25H24N8O3/c1-4-21(34)29-19-7-5-6-16(8-19)13-33-22-18(9-17(10-26)23(33)35)11-27-24(31-22)30-20-12-28-32(14-20)15-25(2,3)36/h4-9,11-12,14,36H,1,13,15H2,2-3H3,(H,29,34)(H,27,30,31). The van der Waals surface area contributed by atoms with E-state index < -0.39 is 11.2 Å². The van der Waals surface area contributed by atoms with Crippen LogP contribution in [-0.2, 0) is 17.9 Å². The van der Waals surface area contributed by atoms with E-state index in [0.29, 0.717) is 29.0 Å². The summed E-state index contributed by atoms with van der Waals surface area (Å²) in [4.78, 5) is 33.6. The van der Waals surface area contributed by atoms with E-state index in [1.54, 1.807) is 55.2 Å². The molecule has 0 saturated carbocycles. The summed E-state index contributed by atoms with van der Waals surface area (Å²) in [7, 11) is 0. The second-order valence-corrected chi connectivity index (χ2v) is 8.79. The fraction of sp³-hybridized carbons (Fsp3) is 0.200. The first-order valence-electron chi connectivity index (χ1n) is 11.0. The number of carbonyl (C=O) groups excluding carboxylic acids is 1. The Bertz CT molecular complexity index is 1560. The van der Waals surface area contributed by atoms with Crippen LogP contribution in [0.3, 0.4) is 0 Å². The smallest absolute Gasteiger partial charge is 0.270 e. The van der Waals surface area contributed by atoms with Gasteiger partial charge >= 0.3 is 0 Å². The molecule has 4 aromatic rings. The molecule has 3 heterocycles. The Morgan fingerprint density at radius 1 is 1.28 bits per heavy atom. The maximum atomic E-state index is 13.1. The Morgan fingerprint density at radius 2 is 2.08 bits per heavy atom. The van der Waals surface area contributed by atoms with Crippen LogP contribution < -0.4 is 16.2 Å². The van der Waals surface area contributed by atoms with Crippen LogP contribution in [0.25, 0.3) is 11.0 Å². The molecule has 0 atom stereocenters. The predicted octanol–water partition coefficient (Wildman–Crippen LogP) is 2.55. The van der Waals surface area contributed by atoms with E-state index in [-0.39, 0.29) is 24.0 Å². The van der Waals surface area contributed by atoms with E-state index in [1.165, 1.54) is 22.9 Å². The van der Waals surface area contributed by atoms with Gasteiger partial charge in [-0.25, -0.2) is 4.98 Å². The lowest BCUT2D eigenvalue weighted by Crippen LogP contribution is -2.26. The molecule has 11 heteroatoms.